The van der Waals surface area contributed by atoms with Gasteiger partial charge in [0.15, 0.2) is 11.6 Å². The summed E-state index contributed by atoms with van der Waals surface area (Å²) >= 11 is 0. The summed E-state index contributed by atoms with van der Waals surface area (Å²) in [6.45, 7) is 2.40. The fraction of sp³-hybridized carbons (Fsp3) is 0.524. The zero-order chi connectivity index (χ0) is 20.3. The van der Waals surface area contributed by atoms with Crippen molar-refractivity contribution in [3.63, 3.8) is 0 Å². The van der Waals surface area contributed by atoms with Crippen LogP contribution >= 0.6 is 12.4 Å². The first kappa shape index (κ1) is 24.4. The van der Waals surface area contributed by atoms with E-state index in [0.717, 1.165) is 38.8 Å². The Kier molecular flexibility index (Phi) is 7.36. The van der Waals surface area contributed by atoms with Crippen LogP contribution in [0.15, 0.2) is 17.1 Å². The maximum Gasteiger partial charge on any atom is 0.341 e. The van der Waals surface area contributed by atoms with E-state index in [4.69, 9.17) is 4.74 Å². The number of methoxy groups -OCH3 is 1. The second-order valence-electron chi connectivity index (χ2n) is 8.32. The quantitative estimate of drug-likeness (QED) is 0.638. The standard InChI is InChI=1S/C21H24FN3O4.ClH.Y/c1-29-20-17-13(19(26)14(21(27)28)9-25(17)12-4-5-12)7-15(22)18(20)24-8-11-3-2-6-23-16(11)10-24;;/h7,9,11-12,16,23H,2-6,8,10H2,1H3,(H,27,28);1H;. The van der Waals surface area contributed by atoms with Crippen LogP contribution in [-0.4, -0.2) is 48.4 Å². The normalized spacial score (nSPS) is 22.5. The molecule has 5 rings (SSSR count). The fourth-order valence-corrected chi connectivity index (χ4v) is 4.95. The minimum Gasteiger partial charge on any atom is -0.492 e. The van der Waals surface area contributed by atoms with Crippen molar-refractivity contribution in [1.82, 2.24) is 9.88 Å². The molecular weight excluding hydrogens is 502 g/mol. The summed E-state index contributed by atoms with van der Waals surface area (Å²) in [5, 5.41) is 13.0. The number of hydrogen-bond donors (Lipinski definition) is 2. The molecule has 1 aromatic heterocycles. The van der Waals surface area contributed by atoms with E-state index in [0.29, 0.717) is 35.5 Å². The Balaban J connectivity index is 0.00000136. The average Bonchev–Trinajstić information content (AvgIpc) is 3.45. The minimum absolute atomic E-state index is 0. The second-order valence-corrected chi connectivity index (χ2v) is 8.32. The van der Waals surface area contributed by atoms with E-state index in [-0.39, 0.29) is 62.1 Å². The number of carbonyl (C=O) groups is 1. The van der Waals surface area contributed by atoms with Crippen LogP contribution in [-0.2, 0) is 32.7 Å². The van der Waals surface area contributed by atoms with E-state index in [1.807, 2.05) is 4.90 Å². The van der Waals surface area contributed by atoms with Crippen LogP contribution in [0.5, 0.6) is 5.75 Å². The molecule has 165 valence electrons. The van der Waals surface area contributed by atoms with Gasteiger partial charge in [0.05, 0.1) is 18.0 Å². The Bertz CT molecular complexity index is 1060. The van der Waals surface area contributed by atoms with Gasteiger partial charge in [0.2, 0.25) is 5.43 Å². The molecule has 2 atom stereocenters. The van der Waals surface area contributed by atoms with Gasteiger partial charge in [-0.15, -0.1) is 12.4 Å². The molecule has 0 amide bonds. The summed E-state index contributed by atoms with van der Waals surface area (Å²) in [7, 11) is 1.48. The number of carboxylic acids is 1. The number of pyridine rings is 1. The van der Waals surface area contributed by atoms with Crippen LogP contribution < -0.4 is 20.4 Å². The number of nitrogens with one attached hydrogen (secondary N) is 1. The summed E-state index contributed by atoms with van der Waals surface area (Å²) in [6, 6.07) is 1.62. The molecule has 3 fully saturated rings. The number of rotatable bonds is 4. The van der Waals surface area contributed by atoms with Gasteiger partial charge in [0, 0.05) is 64.1 Å². The molecular formula is C21H25ClFN3O4Y. The van der Waals surface area contributed by atoms with Gasteiger partial charge in [-0.1, -0.05) is 0 Å². The maximum absolute atomic E-state index is 15.3. The third-order valence-electron chi connectivity index (χ3n) is 6.49. The average molecular weight is 527 g/mol. The number of aromatic carboxylic acids is 1. The summed E-state index contributed by atoms with van der Waals surface area (Å²) < 4.78 is 22.8. The Morgan fingerprint density at radius 2 is 2.03 bits per heavy atom. The van der Waals surface area contributed by atoms with Crippen LogP contribution in [0, 0.1) is 11.7 Å². The molecule has 31 heavy (non-hydrogen) atoms. The van der Waals surface area contributed by atoms with Crippen molar-refractivity contribution in [3.05, 3.63) is 33.9 Å². The Morgan fingerprint density at radius 3 is 2.65 bits per heavy atom. The largest absolute Gasteiger partial charge is 0.492 e. The molecule has 1 aliphatic carbocycles. The minimum atomic E-state index is -1.30. The Hall–Kier alpha value is -1.22. The Labute approximate surface area is 210 Å². The first-order valence-electron chi connectivity index (χ1n) is 10.2. The number of carboxylic acid groups (broad SMARTS) is 1. The zero-order valence-corrected chi connectivity index (χ0v) is 20.9. The topological polar surface area (TPSA) is 83.8 Å². The SMILES string of the molecule is COc1c(N2CC3CCCNC3C2)c(F)cc2c(=O)c(C(=O)O)cn(C3CC3)c12.Cl.[Y]. The summed E-state index contributed by atoms with van der Waals surface area (Å²) in [4.78, 5) is 26.4. The molecule has 3 heterocycles. The predicted octanol–water partition coefficient (Wildman–Crippen LogP) is 2.79. The van der Waals surface area contributed by atoms with Crippen LogP contribution in [0.25, 0.3) is 10.9 Å². The molecule has 0 bridgehead atoms. The van der Waals surface area contributed by atoms with Crippen LogP contribution in [0.4, 0.5) is 10.1 Å². The van der Waals surface area contributed by atoms with Gasteiger partial charge < -0.3 is 24.6 Å². The molecule has 2 aliphatic heterocycles. The summed E-state index contributed by atoms with van der Waals surface area (Å²) in [5.74, 6) is -1.07. The molecule has 1 radical (unpaired) electrons. The van der Waals surface area contributed by atoms with Gasteiger partial charge in [0.1, 0.15) is 11.3 Å². The van der Waals surface area contributed by atoms with Crippen molar-refractivity contribution >= 4 is 35.0 Å². The van der Waals surface area contributed by atoms with E-state index >= 15 is 4.39 Å². The van der Waals surface area contributed by atoms with Crippen molar-refractivity contribution in [3.8, 4) is 5.75 Å². The van der Waals surface area contributed by atoms with E-state index < -0.39 is 17.2 Å². The van der Waals surface area contributed by atoms with Gasteiger partial charge in [-0.25, -0.2) is 9.18 Å². The summed E-state index contributed by atoms with van der Waals surface area (Å²) in [6.07, 6.45) is 5.40. The molecule has 2 N–H and O–H groups in total. The number of nitrogens with zero attached hydrogens (tertiary/aromatic N) is 2. The van der Waals surface area contributed by atoms with Gasteiger partial charge in [-0.3, -0.25) is 4.79 Å². The number of benzene rings is 1. The fourth-order valence-electron chi connectivity index (χ4n) is 4.95. The van der Waals surface area contributed by atoms with E-state index in [9.17, 15) is 14.7 Å². The van der Waals surface area contributed by atoms with Crippen LogP contribution in [0.1, 0.15) is 42.1 Å². The molecule has 10 heteroatoms. The molecule has 2 aromatic rings. The number of anilines is 1. The second kappa shape index (κ2) is 9.34. The first-order valence-corrected chi connectivity index (χ1v) is 10.2. The third kappa shape index (κ3) is 4.12. The number of fused-ring (bicyclic) bond motifs is 2. The molecule has 0 spiro atoms. The van der Waals surface area contributed by atoms with Crippen molar-refractivity contribution in [2.45, 2.75) is 37.8 Å². The summed E-state index contributed by atoms with van der Waals surface area (Å²) in [5.41, 5.74) is -0.155. The number of halogens is 2. The number of hydrogen-bond acceptors (Lipinski definition) is 5. The molecule has 1 saturated carbocycles. The van der Waals surface area contributed by atoms with E-state index in [1.54, 1.807) is 4.57 Å². The number of ether oxygens (including phenoxy) is 1. The molecule has 2 unspecified atom stereocenters. The van der Waals surface area contributed by atoms with Gasteiger partial charge in [-0.05, 0) is 44.2 Å². The number of piperidine rings is 1. The monoisotopic (exact) mass is 526 g/mol. The molecule has 3 aliphatic rings. The van der Waals surface area contributed by atoms with Gasteiger partial charge in [0.25, 0.3) is 0 Å². The van der Waals surface area contributed by atoms with Gasteiger partial charge >= 0.3 is 5.97 Å². The van der Waals surface area contributed by atoms with E-state index in [2.05, 4.69) is 5.32 Å². The Morgan fingerprint density at radius 1 is 1.29 bits per heavy atom. The predicted molar refractivity (Wildman–Crippen MR) is 114 cm³/mol. The third-order valence-corrected chi connectivity index (χ3v) is 6.49. The molecule has 7 nitrogen and oxygen atoms in total. The number of aromatic nitrogens is 1. The van der Waals surface area contributed by atoms with Gasteiger partial charge in [-0.2, -0.15) is 0 Å². The van der Waals surface area contributed by atoms with Crippen molar-refractivity contribution < 1.29 is 51.7 Å². The van der Waals surface area contributed by atoms with Crippen molar-refractivity contribution in [1.29, 1.82) is 0 Å². The molecule has 1 aromatic carbocycles. The smallest absolute Gasteiger partial charge is 0.341 e. The van der Waals surface area contributed by atoms with Crippen molar-refractivity contribution in [2.24, 2.45) is 5.92 Å². The first-order chi connectivity index (χ1) is 14.0. The van der Waals surface area contributed by atoms with Crippen molar-refractivity contribution in [2.75, 3.05) is 31.6 Å². The maximum atomic E-state index is 15.3. The van der Waals surface area contributed by atoms with Crippen LogP contribution in [0.2, 0.25) is 0 Å². The van der Waals surface area contributed by atoms with Crippen LogP contribution in [0.3, 0.4) is 0 Å². The zero-order valence-electron chi connectivity index (χ0n) is 17.3. The van der Waals surface area contributed by atoms with E-state index in [1.165, 1.54) is 19.4 Å². The molecule has 2 saturated heterocycles.